The predicted octanol–water partition coefficient (Wildman–Crippen LogP) is 12.1. The number of rotatable bonds is 16. The van der Waals surface area contributed by atoms with Crippen molar-refractivity contribution >= 4 is 24.5 Å². The number of phenols is 1. The van der Waals surface area contributed by atoms with Crippen LogP contribution in [0.2, 0.25) is 0 Å². The summed E-state index contributed by atoms with van der Waals surface area (Å²) in [6.45, 7) is 20.0. The number of carbonyl (C=O) groups is 2. The van der Waals surface area contributed by atoms with E-state index in [4.69, 9.17) is 17.0 Å². The molecule has 0 bridgehead atoms. The molecule has 1 aliphatic carbocycles. The number of benzene rings is 2. The van der Waals surface area contributed by atoms with Crippen LogP contribution in [0, 0.1) is 31.1 Å². The molecule has 0 radical (unpaired) electrons. The molecule has 6 nitrogen and oxygen atoms in total. The number of nitrogens with one attached hydrogen (secondary N) is 2. The lowest BCUT2D eigenvalue weighted by atomic mass is 9.76. The van der Waals surface area contributed by atoms with E-state index in [-0.39, 0.29) is 11.4 Å². The topological polar surface area (TPSA) is 104 Å². The number of anilines is 2. The minimum absolute atomic E-state index is 0.0537. The summed E-state index contributed by atoms with van der Waals surface area (Å²) in [5.41, 5.74) is 9.84. The van der Waals surface area contributed by atoms with Crippen LogP contribution in [0.25, 0.3) is 0 Å². The molecule has 2 aromatic rings. The number of aldehydes is 1. The first-order valence-corrected chi connectivity index (χ1v) is 20.0. The van der Waals surface area contributed by atoms with E-state index >= 15 is 0 Å². The van der Waals surface area contributed by atoms with Gasteiger partial charge >= 0.3 is 0 Å². The van der Waals surface area contributed by atoms with Crippen molar-refractivity contribution in [1.29, 1.82) is 0 Å². The zero-order valence-corrected chi connectivity index (χ0v) is 34.4. The van der Waals surface area contributed by atoms with Gasteiger partial charge in [-0.25, -0.2) is 0 Å². The van der Waals surface area contributed by atoms with Crippen molar-refractivity contribution in [3.63, 3.8) is 0 Å². The third-order valence-electron chi connectivity index (χ3n) is 8.79. The Morgan fingerprint density at radius 2 is 1.47 bits per heavy atom. The Bertz CT molecular complexity index is 1100. The first-order valence-electron chi connectivity index (χ1n) is 20.0. The number of unbranched alkanes of at least 4 members (excludes halogenated alkanes) is 2. The van der Waals surface area contributed by atoms with E-state index < -0.39 is 0 Å². The van der Waals surface area contributed by atoms with Crippen LogP contribution in [0.5, 0.6) is 5.75 Å². The van der Waals surface area contributed by atoms with Crippen LogP contribution in [0.15, 0.2) is 36.4 Å². The number of para-hydroxylation sites is 1. The summed E-state index contributed by atoms with van der Waals surface area (Å²) in [6.07, 6.45) is 27.3. The second-order valence-electron chi connectivity index (χ2n) is 13.0. The molecule has 0 atom stereocenters. The fourth-order valence-electron chi connectivity index (χ4n) is 6.36. The highest BCUT2D eigenvalue weighted by molar-refractivity contribution is 5.64. The molecule has 5 N–H and O–H groups in total. The third kappa shape index (κ3) is 26.2. The van der Waals surface area contributed by atoms with Crippen LogP contribution >= 0.6 is 0 Å². The Balaban J connectivity index is -0.000000609. The smallest absolute Gasteiger partial charge is 0.140 e. The van der Waals surface area contributed by atoms with Crippen LogP contribution in [0.3, 0.4) is 0 Å². The van der Waals surface area contributed by atoms with Crippen LogP contribution in [-0.4, -0.2) is 31.3 Å². The monoisotopic (exact) mass is 710 g/mol. The number of aryl methyl sites for hydroxylation is 1. The Morgan fingerprint density at radius 3 is 1.92 bits per heavy atom. The molecule has 0 aromatic heterocycles. The molecule has 0 aliphatic heterocycles. The number of nitrogen functional groups attached to an aromatic ring is 1. The number of phenolic OH excluding ortho intramolecular Hbond substituents is 1. The molecule has 1 saturated carbocycles. The molecule has 0 saturated heterocycles. The molecule has 51 heavy (non-hydrogen) atoms. The van der Waals surface area contributed by atoms with Crippen LogP contribution in [0.1, 0.15) is 168 Å². The molecular formula is C45H79N3O3. The standard InChI is InChI=1S/C15H26N2.C13H26.C9H9NO.C5H10O.C2H6.CH2O/c1-4-8-14(9-5-2)17-15-11-7-6-10-13(15)12-16-3;1-3-8-12(9-4-2)13-10-6-5-7-11-13;1-3-7-4-6(2)5-8(11)9(7)10;1-2-3-4-5-6;2*1-2/h6-7,10-11,14,16-17H,4-5,8-9,12H2,1-3H3;12-13H,3-11H2,1-2H3;1,4-5,11H,10H2,2H3;5H,2-4H2,1H3;1-2H3;1H2. The molecule has 2 aromatic carbocycles. The van der Waals surface area contributed by atoms with Crippen LogP contribution in [0.4, 0.5) is 11.4 Å². The summed E-state index contributed by atoms with van der Waals surface area (Å²) in [6, 6.07) is 12.5. The van der Waals surface area contributed by atoms with Crippen molar-refractivity contribution in [3.05, 3.63) is 53.1 Å². The lowest BCUT2D eigenvalue weighted by molar-refractivity contribution is -0.108. The average Bonchev–Trinajstić information content (AvgIpc) is 3.16. The van der Waals surface area contributed by atoms with Crippen LogP contribution < -0.4 is 16.4 Å². The molecule has 0 unspecified atom stereocenters. The molecule has 0 heterocycles. The van der Waals surface area contributed by atoms with E-state index in [9.17, 15) is 9.90 Å². The lowest BCUT2D eigenvalue weighted by Gasteiger charge is -2.30. The SMILES string of the molecule is C#Cc1cc(C)cc(O)c1N.C=O.CC.CCCC(CCC)C1CCCCC1.CCCC(CCC)Nc1ccccc1CNC.CCCCC=O. The molecule has 1 fully saturated rings. The molecule has 292 valence electrons. The van der Waals surface area contributed by atoms with Gasteiger partial charge in [0.1, 0.15) is 18.8 Å². The van der Waals surface area contributed by atoms with Crippen molar-refractivity contribution in [3.8, 4) is 18.1 Å². The van der Waals surface area contributed by atoms with E-state index in [2.05, 4.69) is 75.4 Å². The fourth-order valence-corrected chi connectivity index (χ4v) is 6.36. The van der Waals surface area contributed by atoms with Gasteiger partial charge < -0.3 is 31.1 Å². The van der Waals surface area contributed by atoms with Gasteiger partial charge in [-0.05, 0) is 74.4 Å². The number of terminal acetylenes is 1. The molecule has 3 rings (SSSR count). The van der Waals surface area contributed by atoms with Gasteiger partial charge in [-0.1, -0.05) is 150 Å². The summed E-state index contributed by atoms with van der Waals surface area (Å²) in [5, 5.41) is 16.1. The van der Waals surface area contributed by atoms with Gasteiger partial charge in [-0.15, -0.1) is 6.42 Å². The molecule has 0 amide bonds. The Morgan fingerprint density at radius 1 is 0.922 bits per heavy atom. The Hall–Kier alpha value is -3.30. The molecule has 0 spiro atoms. The zero-order valence-electron chi connectivity index (χ0n) is 34.4. The van der Waals surface area contributed by atoms with Crippen molar-refractivity contribution in [1.82, 2.24) is 5.32 Å². The predicted molar refractivity (Wildman–Crippen MR) is 226 cm³/mol. The van der Waals surface area contributed by atoms with Gasteiger partial charge in [-0.3, -0.25) is 0 Å². The first-order chi connectivity index (χ1) is 24.8. The minimum atomic E-state index is 0.0537. The maximum Gasteiger partial charge on any atom is 0.140 e. The number of nitrogens with two attached hydrogens (primary N) is 1. The summed E-state index contributed by atoms with van der Waals surface area (Å²) >= 11 is 0. The van der Waals surface area contributed by atoms with E-state index in [1.807, 2.05) is 34.6 Å². The third-order valence-corrected chi connectivity index (χ3v) is 8.79. The summed E-state index contributed by atoms with van der Waals surface area (Å²) in [4.78, 5) is 17.6. The van der Waals surface area contributed by atoms with E-state index in [0.717, 1.165) is 49.5 Å². The number of hydrogen-bond acceptors (Lipinski definition) is 6. The van der Waals surface area contributed by atoms with Gasteiger partial charge in [0.2, 0.25) is 0 Å². The lowest BCUT2D eigenvalue weighted by Crippen LogP contribution is -2.20. The molecule has 6 heteroatoms. The van der Waals surface area contributed by atoms with Crippen molar-refractivity contribution in [2.45, 2.75) is 171 Å². The Kier molecular flexibility index (Phi) is 38.7. The van der Waals surface area contributed by atoms with Crippen molar-refractivity contribution in [2.75, 3.05) is 18.1 Å². The summed E-state index contributed by atoms with van der Waals surface area (Å²) in [7, 11) is 1.99. The molecule has 1 aliphatic rings. The molecular weight excluding hydrogens is 631 g/mol. The number of aromatic hydroxyl groups is 1. The number of carbonyl (C=O) groups excluding carboxylic acids is 2. The number of hydrogen-bond donors (Lipinski definition) is 4. The Labute approximate surface area is 315 Å². The van der Waals surface area contributed by atoms with Gasteiger partial charge in [0.25, 0.3) is 0 Å². The van der Waals surface area contributed by atoms with Gasteiger partial charge in [0.15, 0.2) is 0 Å². The quantitative estimate of drug-likeness (QED) is 0.0455. The van der Waals surface area contributed by atoms with E-state index in [0.29, 0.717) is 11.6 Å². The minimum Gasteiger partial charge on any atom is -0.506 e. The van der Waals surface area contributed by atoms with Crippen molar-refractivity contribution in [2.24, 2.45) is 11.8 Å². The summed E-state index contributed by atoms with van der Waals surface area (Å²) < 4.78 is 0. The van der Waals surface area contributed by atoms with E-state index in [1.54, 1.807) is 12.1 Å². The largest absolute Gasteiger partial charge is 0.506 e. The highest BCUT2D eigenvalue weighted by atomic mass is 16.3. The normalized spacial score (nSPS) is 11.7. The van der Waals surface area contributed by atoms with Crippen LogP contribution in [-0.2, 0) is 16.1 Å². The second-order valence-corrected chi connectivity index (χ2v) is 13.0. The maximum absolute atomic E-state index is 9.56. The zero-order chi connectivity index (χ0) is 39.3. The van der Waals surface area contributed by atoms with Crippen molar-refractivity contribution < 1.29 is 14.7 Å². The second kappa shape index (κ2) is 37.9. The average molecular weight is 710 g/mol. The first kappa shape index (κ1) is 52.1. The summed E-state index contributed by atoms with van der Waals surface area (Å²) in [5.74, 6) is 4.60. The van der Waals surface area contributed by atoms with Gasteiger partial charge in [0.05, 0.1) is 11.3 Å². The fraction of sp³-hybridized carbons (Fsp3) is 0.644. The highest BCUT2D eigenvalue weighted by Gasteiger charge is 2.21. The van der Waals surface area contributed by atoms with Gasteiger partial charge in [-0.2, -0.15) is 0 Å². The highest BCUT2D eigenvalue weighted by Crippen LogP contribution is 2.34. The van der Waals surface area contributed by atoms with Gasteiger partial charge in [0, 0.05) is 24.7 Å². The van der Waals surface area contributed by atoms with E-state index in [1.165, 1.54) is 94.7 Å². The maximum atomic E-state index is 9.56.